The van der Waals surface area contributed by atoms with Crippen LogP contribution in [-0.4, -0.2) is 20.8 Å². The van der Waals surface area contributed by atoms with E-state index in [4.69, 9.17) is 15.2 Å². The van der Waals surface area contributed by atoms with Gasteiger partial charge in [0.15, 0.2) is 0 Å². The van der Waals surface area contributed by atoms with Crippen LogP contribution >= 0.6 is 12.1 Å². The number of ether oxygens (including phenoxy) is 2. The van der Waals surface area contributed by atoms with Crippen molar-refractivity contribution >= 4 is 12.1 Å². The van der Waals surface area contributed by atoms with E-state index in [-0.39, 0.29) is 12.1 Å². The van der Waals surface area contributed by atoms with Crippen LogP contribution in [0.25, 0.3) is 0 Å². The van der Waals surface area contributed by atoms with Crippen LogP contribution < -0.4 is 15.2 Å². The minimum absolute atomic E-state index is 0.195. The average molecular weight is 259 g/mol. The summed E-state index contributed by atoms with van der Waals surface area (Å²) in [6, 6.07) is 1.88. The van der Waals surface area contributed by atoms with Crippen LogP contribution in [0, 0.1) is 0 Å². The maximum absolute atomic E-state index is 13.1. The Bertz CT molecular complexity index is 385. The van der Waals surface area contributed by atoms with Crippen molar-refractivity contribution in [3.8, 4) is 11.5 Å². The van der Waals surface area contributed by atoms with Gasteiger partial charge in [-0.05, 0) is 25.5 Å². The lowest BCUT2D eigenvalue weighted by molar-refractivity contribution is 0.385. The average Bonchev–Trinajstić information content (AvgIpc) is 2.37. The molecule has 17 heavy (non-hydrogen) atoms. The van der Waals surface area contributed by atoms with Crippen LogP contribution in [0.4, 0.5) is 3.89 Å². The molecule has 0 amide bonds. The molecule has 1 aromatic rings. The highest BCUT2D eigenvalue weighted by molar-refractivity contribution is 7.94. The van der Waals surface area contributed by atoms with Crippen molar-refractivity contribution in [1.82, 2.24) is 0 Å². The Hall–Kier alpha value is -0.940. The lowest BCUT2D eigenvalue weighted by Gasteiger charge is -2.17. The van der Waals surface area contributed by atoms with Crippen molar-refractivity contribution in [1.29, 1.82) is 0 Å². The van der Waals surface area contributed by atoms with E-state index in [9.17, 15) is 3.89 Å². The molecule has 1 rings (SSSR count). The quantitative estimate of drug-likeness (QED) is 0.853. The van der Waals surface area contributed by atoms with E-state index in [1.807, 2.05) is 13.0 Å². The van der Waals surface area contributed by atoms with E-state index in [1.165, 1.54) is 0 Å². The maximum atomic E-state index is 13.1. The standard InChI is InChI=1S/C12H18FNO2S/c1-4-9-10(15-2)7-8(5-6-14)11(16-3)12(9)17-13/h7H,4-6,14H2,1-3H3. The number of methoxy groups -OCH3 is 2. The first-order valence-corrected chi connectivity index (χ1v) is 6.20. The predicted molar refractivity (Wildman–Crippen MR) is 68.6 cm³/mol. The van der Waals surface area contributed by atoms with Gasteiger partial charge in [0.2, 0.25) is 0 Å². The Balaban J connectivity index is 3.42. The second-order valence-electron chi connectivity index (χ2n) is 3.55. The molecule has 0 bridgehead atoms. The van der Waals surface area contributed by atoms with Crippen molar-refractivity contribution in [3.05, 3.63) is 17.2 Å². The summed E-state index contributed by atoms with van der Waals surface area (Å²) in [6.07, 6.45) is 1.33. The topological polar surface area (TPSA) is 44.5 Å². The van der Waals surface area contributed by atoms with Crippen molar-refractivity contribution in [2.45, 2.75) is 24.7 Å². The number of halogens is 1. The first kappa shape index (κ1) is 14.1. The zero-order chi connectivity index (χ0) is 12.8. The third-order valence-corrected chi connectivity index (χ3v) is 3.23. The van der Waals surface area contributed by atoms with Crippen molar-refractivity contribution in [2.75, 3.05) is 20.8 Å². The second-order valence-corrected chi connectivity index (χ2v) is 4.11. The van der Waals surface area contributed by atoms with Gasteiger partial charge in [0.25, 0.3) is 0 Å². The van der Waals surface area contributed by atoms with Gasteiger partial charge in [-0.15, -0.1) is 0 Å². The van der Waals surface area contributed by atoms with Gasteiger partial charge in [0.1, 0.15) is 11.5 Å². The van der Waals surface area contributed by atoms with E-state index in [0.717, 1.165) is 11.1 Å². The highest BCUT2D eigenvalue weighted by Gasteiger charge is 2.19. The van der Waals surface area contributed by atoms with Gasteiger partial charge in [-0.25, -0.2) is 0 Å². The molecule has 0 fully saturated rings. The molecule has 96 valence electrons. The Morgan fingerprint density at radius 2 is 2.06 bits per heavy atom. The molecule has 3 nitrogen and oxygen atoms in total. The molecule has 0 saturated carbocycles. The number of hydrogen-bond acceptors (Lipinski definition) is 4. The smallest absolute Gasteiger partial charge is 0.138 e. The first-order valence-electron chi connectivity index (χ1n) is 5.48. The van der Waals surface area contributed by atoms with Gasteiger partial charge in [0, 0.05) is 11.1 Å². The van der Waals surface area contributed by atoms with Crippen molar-refractivity contribution in [2.24, 2.45) is 5.73 Å². The minimum Gasteiger partial charge on any atom is -0.496 e. The molecule has 5 heteroatoms. The van der Waals surface area contributed by atoms with Crippen LogP contribution in [-0.2, 0) is 12.8 Å². The van der Waals surface area contributed by atoms with Crippen LogP contribution in [0.5, 0.6) is 11.5 Å². The Morgan fingerprint density at radius 3 is 2.47 bits per heavy atom. The van der Waals surface area contributed by atoms with Gasteiger partial charge in [-0.3, -0.25) is 0 Å². The van der Waals surface area contributed by atoms with Crippen molar-refractivity contribution in [3.63, 3.8) is 0 Å². The molecular formula is C12H18FNO2S. The second kappa shape index (κ2) is 6.71. The molecule has 2 N–H and O–H groups in total. The maximum Gasteiger partial charge on any atom is 0.138 e. The lowest BCUT2D eigenvalue weighted by Crippen LogP contribution is -2.07. The summed E-state index contributed by atoms with van der Waals surface area (Å²) in [5.41, 5.74) is 7.25. The zero-order valence-electron chi connectivity index (χ0n) is 10.4. The van der Waals surface area contributed by atoms with Gasteiger partial charge >= 0.3 is 0 Å². The van der Waals surface area contributed by atoms with Crippen LogP contribution in [0.1, 0.15) is 18.1 Å². The fourth-order valence-electron chi connectivity index (χ4n) is 1.87. The van der Waals surface area contributed by atoms with E-state index in [0.29, 0.717) is 35.8 Å². The minimum atomic E-state index is 0.195. The molecule has 0 aromatic heterocycles. The summed E-state index contributed by atoms with van der Waals surface area (Å²) in [6.45, 7) is 2.45. The lowest BCUT2D eigenvalue weighted by atomic mass is 10.0. The monoisotopic (exact) mass is 259 g/mol. The summed E-state index contributed by atoms with van der Waals surface area (Å²) < 4.78 is 23.7. The fourth-order valence-corrected chi connectivity index (χ4v) is 2.49. The van der Waals surface area contributed by atoms with E-state index < -0.39 is 0 Å². The number of rotatable bonds is 6. The summed E-state index contributed by atoms with van der Waals surface area (Å²) in [5, 5.41) is 0. The molecule has 0 spiro atoms. The number of benzene rings is 1. The molecule has 0 unspecified atom stereocenters. The Morgan fingerprint density at radius 1 is 1.35 bits per heavy atom. The van der Waals surface area contributed by atoms with Crippen LogP contribution in [0.3, 0.4) is 0 Å². The molecule has 0 saturated heterocycles. The number of hydrogen-bond donors (Lipinski definition) is 1. The van der Waals surface area contributed by atoms with E-state index >= 15 is 0 Å². The molecule has 0 heterocycles. The predicted octanol–water partition coefficient (Wildman–Crippen LogP) is 2.74. The molecule has 0 atom stereocenters. The third kappa shape index (κ3) is 2.84. The van der Waals surface area contributed by atoms with Crippen LogP contribution in [0.2, 0.25) is 0 Å². The largest absolute Gasteiger partial charge is 0.496 e. The molecule has 0 radical (unpaired) electrons. The SMILES string of the molecule is CCc1c(OC)cc(CCN)c(OC)c1SF. The Kier molecular flexibility index (Phi) is 5.58. The number of nitrogens with two attached hydrogens (primary N) is 1. The van der Waals surface area contributed by atoms with Gasteiger partial charge < -0.3 is 15.2 Å². The summed E-state index contributed by atoms with van der Waals surface area (Å²) in [5.74, 6) is 1.26. The van der Waals surface area contributed by atoms with E-state index in [1.54, 1.807) is 14.2 Å². The van der Waals surface area contributed by atoms with Gasteiger partial charge in [-0.2, -0.15) is 3.89 Å². The Labute approximate surface area is 106 Å². The normalized spacial score (nSPS) is 10.4. The van der Waals surface area contributed by atoms with Crippen molar-refractivity contribution < 1.29 is 13.4 Å². The highest BCUT2D eigenvalue weighted by Crippen LogP contribution is 2.41. The van der Waals surface area contributed by atoms with Gasteiger partial charge in [-0.1, -0.05) is 6.92 Å². The third-order valence-electron chi connectivity index (χ3n) is 2.64. The molecular weight excluding hydrogens is 241 g/mol. The van der Waals surface area contributed by atoms with E-state index in [2.05, 4.69) is 0 Å². The van der Waals surface area contributed by atoms with Crippen LogP contribution in [0.15, 0.2) is 11.0 Å². The fraction of sp³-hybridized carbons (Fsp3) is 0.500. The first-order chi connectivity index (χ1) is 8.23. The molecule has 0 aliphatic carbocycles. The highest BCUT2D eigenvalue weighted by atomic mass is 32.2. The molecule has 1 aromatic carbocycles. The zero-order valence-corrected chi connectivity index (χ0v) is 11.2. The molecule has 0 aliphatic rings. The van der Waals surface area contributed by atoms with Gasteiger partial charge in [0.05, 0.1) is 31.3 Å². The molecule has 0 aliphatic heterocycles. The summed E-state index contributed by atoms with van der Waals surface area (Å²) in [4.78, 5) is 0.498. The summed E-state index contributed by atoms with van der Waals surface area (Å²) in [7, 11) is 3.13. The summed E-state index contributed by atoms with van der Waals surface area (Å²) >= 11 is 0.195.